The first kappa shape index (κ1) is 12.3. The minimum atomic E-state index is 0.242. The molecule has 0 atom stereocenters. The number of para-hydroxylation sites is 1. The molecule has 0 aliphatic carbocycles. The molecule has 5 rings (SSSR count). The number of hydrogen-bond donors (Lipinski definition) is 1. The van der Waals surface area contributed by atoms with E-state index in [1.54, 1.807) is 0 Å². The van der Waals surface area contributed by atoms with E-state index in [2.05, 4.69) is 15.1 Å². The third-order valence-corrected chi connectivity index (χ3v) is 3.88. The van der Waals surface area contributed by atoms with Crippen LogP contribution in [0.25, 0.3) is 33.7 Å². The van der Waals surface area contributed by atoms with Gasteiger partial charge in [0.15, 0.2) is 11.5 Å². The smallest absolute Gasteiger partial charge is 0.260 e. The quantitative estimate of drug-likeness (QED) is 0.612. The summed E-state index contributed by atoms with van der Waals surface area (Å²) < 4.78 is 16.1. The molecular weight excluding hydrogens is 294 g/mol. The fourth-order valence-corrected chi connectivity index (χ4v) is 2.73. The molecule has 0 radical (unpaired) electrons. The Bertz CT molecular complexity index is 1020. The monoisotopic (exact) mass is 305 g/mol. The van der Waals surface area contributed by atoms with Crippen LogP contribution in [-0.4, -0.2) is 21.9 Å². The van der Waals surface area contributed by atoms with E-state index in [-0.39, 0.29) is 6.79 Å². The van der Waals surface area contributed by atoms with E-state index >= 15 is 0 Å². The molecule has 6 nitrogen and oxygen atoms in total. The van der Waals surface area contributed by atoms with Crippen LogP contribution >= 0.6 is 0 Å². The molecule has 2 aromatic carbocycles. The van der Waals surface area contributed by atoms with Crippen molar-refractivity contribution in [3.63, 3.8) is 0 Å². The molecule has 0 saturated carbocycles. The van der Waals surface area contributed by atoms with Gasteiger partial charge in [-0.2, -0.15) is 4.98 Å². The molecule has 0 unspecified atom stereocenters. The maximum absolute atomic E-state index is 5.44. The highest BCUT2D eigenvalue weighted by molar-refractivity contribution is 5.93. The normalized spacial score (nSPS) is 12.9. The van der Waals surface area contributed by atoms with Crippen molar-refractivity contribution in [3.8, 4) is 34.3 Å². The standard InChI is InChI=1S/C17H11N3O3/c1-2-4-13-11(3-1)12(8-18-13)17-19-16(20-23-17)10-5-6-14-15(7-10)22-9-21-14/h1-8,18H,9H2. The lowest BCUT2D eigenvalue weighted by atomic mass is 10.1. The fraction of sp³-hybridized carbons (Fsp3) is 0.0588. The zero-order valence-electron chi connectivity index (χ0n) is 11.9. The highest BCUT2D eigenvalue weighted by atomic mass is 16.7. The van der Waals surface area contributed by atoms with Crippen molar-refractivity contribution in [1.29, 1.82) is 0 Å². The van der Waals surface area contributed by atoms with Gasteiger partial charge in [0.05, 0.1) is 5.56 Å². The molecule has 1 aliphatic rings. The van der Waals surface area contributed by atoms with Crippen LogP contribution in [0.1, 0.15) is 0 Å². The summed E-state index contributed by atoms with van der Waals surface area (Å²) in [6, 6.07) is 13.6. The number of aromatic nitrogens is 3. The molecule has 1 N–H and O–H groups in total. The van der Waals surface area contributed by atoms with Crippen LogP contribution in [-0.2, 0) is 0 Å². The van der Waals surface area contributed by atoms with Crippen molar-refractivity contribution < 1.29 is 14.0 Å². The Balaban J connectivity index is 1.58. The Labute approximate surface area is 130 Å². The number of nitrogens with one attached hydrogen (secondary N) is 1. The zero-order chi connectivity index (χ0) is 15.2. The van der Waals surface area contributed by atoms with Gasteiger partial charge in [0.25, 0.3) is 5.89 Å². The summed E-state index contributed by atoms with van der Waals surface area (Å²) in [5, 5.41) is 5.13. The van der Waals surface area contributed by atoms with Gasteiger partial charge < -0.3 is 19.0 Å². The van der Waals surface area contributed by atoms with Gasteiger partial charge in [0, 0.05) is 22.7 Å². The number of benzene rings is 2. The van der Waals surface area contributed by atoms with E-state index in [4.69, 9.17) is 14.0 Å². The van der Waals surface area contributed by atoms with E-state index in [0.29, 0.717) is 17.5 Å². The second-order valence-corrected chi connectivity index (χ2v) is 5.24. The average molecular weight is 305 g/mol. The van der Waals surface area contributed by atoms with E-state index in [1.165, 1.54) is 0 Å². The lowest BCUT2D eigenvalue weighted by Gasteiger charge is -1.97. The molecule has 0 fully saturated rings. The molecule has 0 spiro atoms. The molecule has 1 aliphatic heterocycles. The summed E-state index contributed by atoms with van der Waals surface area (Å²) in [5.74, 6) is 2.42. The Hall–Kier alpha value is -3.28. The van der Waals surface area contributed by atoms with Gasteiger partial charge in [0.2, 0.25) is 12.6 Å². The predicted molar refractivity (Wildman–Crippen MR) is 83.1 cm³/mol. The molecule has 23 heavy (non-hydrogen) atoms. The van der Waals surface area contributed by atoms with Crippen LogP contribution in [0, 0.1) is 0 Å². The first-order chi connectivity index (χ1) is 11.4. The minimum Gasteiger partial charge on any atom is -0.454 e. The van der Waals surface area contributed by atoms with Crippen LogP contribution in [0.3, 0.4) is 0 Å². The highest BCUT2D eigenvalue weighted by Crippen LogP contribution is 2.36. The van der Waals surface area contributed by atoms with Crippen LogP contribution in [0.5, 0.6) is 11.5 Å². The molecule has 112 valence electrons. The van der Waals surface area contributed by atoms with E-state index in [0.717, 1.165) is 27.8 Å². The van der Waals surface area contributed by atoms with Gasteiger partial charge in [-0.15, -0.1) is 0 Å². The van der Waals surface area contributed by atoms with Crippen molar-refractivity contribution in [1.82, 2.24) is 15.1 Å². The summed E-state index contributed by atoms with van der Waals surface area (Å²) in [6.45, 7) is 0.242. The summed E-state index contributed by atoms with van der Waals surface area (Å²) >= 11 is 0. The average Bonchev–Trinajstić information content (AvgIpc) is 3.32. The molecule has 6 heteroatoms. The van der Waals surface area contributed by atoms with Gasteiger partial charge in [-0.3, -0.25) is 0 Å². The molecule has 2 aromatic heterocycles. The van der Waals surface area contributed by atoms with E-state index in [9.17, 15) is 0 Å². The second-order valence-electron chi connectivity index (χ2n) is 5.24. The Kier molecular flexibility index (Phi) is 2.46. The Morgan fingerprint density at radius 3 is 2.91 bits per heavy atom. The van der Waals surface area contributed by atoms with E-state index < -0.39 is 0 Å². The first-order valence-corrected chi connectivity index (χ1v) is 7.19. The maximum Gasteiger partial charge on any atom is 0.260 e. The predicted octanol–water partition coefficient (Wildman–Crippen LogP) is 3.61. The molecule has 0 bridgehead atoms. The summed E-state index contributed by atoms with van der Waals surface area (Å²) in [4.78, 5) is 7.71. The SMILES string of the molecule is c1ccc2c(-c3nc(-c4ccc5c(c4)OCO5)no3)c[nH]c2c1. The van der Waals surface area contributed by atoms with Crippen LogP contribution in [0.4, 0.5) is 0 Å². The number of fused-ring (bicyclic) bond motifs is 2. The zero-order valence-corrected chi connectivity index (χ0v) is 11.9. The van der Waals surface area contributed by atoms with Crippen molar-refractivity contribution in [2.45, 2.75) is 0 Å². The second kappa shape index (κ2) is 4.61. The van der Waals surface area contributed by atoms with Crippen LogP contribution < -0.4 is 9.47 Å². The lowest BCUT2D eigenvalue weighted by molar-refractivity contribution is 0.174. The van der Waals surface area contributed by atoms with E-state index in [1.807, 2.05) is 48.7 Å². The third kappa shape index (κ3) is 1.88. The Morgan fingerprint density at radius 2 is 1.91 bits per heavy atom. The lowest BCUT2D eigenvalue weighted by Crippen LogP contribution is -1.92. The molecule has 4 aromatic rings. The maximum atomic E-state index is 5.44. The van der Waals surface area contributed by atoms with Crippen LogP contribution in [0.15, 0.2) is 53.2 Å². The molecular formula is C17H11N3O3. The first-order valence-electron chi connectivity index (χ1n) is 7.19. The molecule has 3 heterocycles. The summed E-state index contributed by atoms with van der Waals surface area (Å²) in [7, 11) is 0. The largest absolute Gasteiger partial charge is 0.454 e. The van der Waals surface area contributed by atoms with Gasteiger partial charge in [-0.25, -0.2) is 0 Å². The van der Waals surface area contributed by atoms with Crippen molar-refractivity contribution in [2.75, 3.05) is 6.79 Å². The topological polar surface area (TPSA) is 73.2 Å². The minimum absolute atomic E-state index is 0.242. The number of H-pyrrole nitrogens is 1. The third-order valence-electron chi connectivity index (χ3n) is 3.88. The fourth-order valence-electron chi connectivity index (χ4n) is 2.73. The van der Waals surface area contributed by atoms with Crippen molar-refractivity contribution in [3.05, 3.63) is 48.7 Å². The highest BCUT2D eigenvalue weighted by Gasteiger charge is 2.18. The number of rotatable bonds is 2. The summed E-state index contributed by atoms with van der Waals surface area (Å²) in [5.41, 5.74) is 2.74. The number of ether oxygens (including phenoxy) is 2. The number of aromatic amines is 1. The Morgan fingerprint density at radius 1 is 1.00 bits per heavy atom. The van der Waals surface area contributed by atoms with Crippen LogP contribution in [0.2, 0.25) is 0 Å². The van der Waals surface area contributed by atoms with Gasteiger partial charge in [0.1, 0.15) is 0 Å². The van der Waals surface area contributed by atoms with Gasteiger partial charge in [-0.1, -0.05) is 23.4 Å². The van der Waals surface area contributed by atoms with Crippen molar-refractivity contribution in [2.24, 2.45) is 0 Å². The molecule has 0 saturated heterocycles. The number of nitrogens with zero attached hydrogens (tertiary/aromatic N) is 2. The summed E-state index contributed by atoms with van der Waals surface area (Å²) in [6.07, 6.45) is 1.88. The molecule has 0 amide bonds. The number of hydrogen-bond acceptors (Lipinski definition) is 5. The van der Waals surface area contributed by atoms with Gasteiger partial charge >= 0.3 is 0 Å². The van der Waals surface area contributed by atoms with Crippen molar-refractivity contribution >= 4 is 10.9 Å². The van der Waals surface area contributed by atoms with Gasteiger partial charge in [-0.05, 0) is 24.3 Å².